The molecule has 0 saturated heterocycles. The number of hydrogen-bond acceptors (Lipinski definition) is 7. The van der Waals surface area contributed by atoms with E-state index in [4.69, 9.17) is 21.1 Å². The molecule has 0 fully saturated rings. The van der Waals surface area contributed by atoms with Gasteiger partial charge in [0, 0.05) is 13.1 Å². The molecule has 2 N–H and O–H groups in total. The zero-order valence-corrected chi connectivity index (χ0v) is 12.1. The molecular weight excluding hydrogens is 294 g/mol. The van der Waals surface area contributed by atoms with E-state index >= 15 is 0 Å². The predicted molar refractivity (Wildman–Crippen MR) is 78.9 cm³/mol. The van der Waals surface area contributed by atoms with Gasteiger partial charge >= 0.3 is 0 Å². The highest BCUT2D eigenvalue weighted by molar-refractivity contribution is 6.28. The van der Waals surface area contributed by atoms with Gasteiger partial charge in [-0.05, 0) is 36.2 Å². The van der Waals surface area contributed by atoms with Crippen LogP contribution in [0.4, 0.5) is 11.9 Å². The molecule has 1 aromatic carbocycles. The third-order valence-electron chi connectivity index (χ3n) is 2.83. The van der Waals surface area contributed by atoms with Gasteiger partial charge in [-0.3, -0.25) is 0 Å². The van der Waals surface area contributed by atoms with Crippen LogP contribution in [0.5, 0.6) is 11.5 Å². The van der Waals surface area contributed by atoms with Crippen molar-refractivity contribution >= 4 is 23.5 Å². The molecule has 3 rings (SSSR count). The number of fused-ring (bicyclic) bond motifs is 1. The molecule has 110 valence electrons. The molecular formula is C13H14ClN5O2. The van der Waals surface area contributed by atoms with Crippen LogP contribution in [0, 0.1) is 0 Å². The van der Waals surface area contributed by atoms with Gasteiger partial charge in [0.1, 0.15) is 0 Å². The highest BCUT2D eigenvalue weighted by Crippen LogP contribution is 2.32. The molecule has 0 saturated carbocycles. The Morgan fingerprint density at radius 2 is 1.86 bits per heavy atom. The first kappa shape index (κ1) is 13.7. The number of nitrogens with one attached hydrogen (secondary N) is 2. The predicted octanol–water partition coefficient (Wildman–Crippen LogP) is 2.30. The third kappa shape index (κ3) is 3.25. The molecule has 7 nitrogen and oxygen atoms in total. The number of aromatic nitrogens is 3. The fraction of sp³-hybridized carbons (Fsp3) is 0.308. The standard InChI is InChI=1S/C13H14ClN5O2/c1-2-15-12-17-11(14)18-13(19-12)16-6-8-3-4-9-10(5-8)21-7-20-9/h3-5H,2,6-7H2,1H3,(H2,15,16,17,18,19). The minimum Gasteiger partial charge on any atom is -0.454 e. The van der Waals surface area contributed by atoms with Crippen molar-refractivity contribution < 1.29 is 9.47 Å². The molecule has 0 aliphatic carbocycles. The first-order valence-corrected chi connectivity index (χ1v) is 6.90. The van der Waals surface area contributed by atoms with Crippen LogP contribution in [0.25, 0.3) is 0 Å². The van der Waals surface area contributed by atoms with E-state index in [2.05, 4.69) is 25.6 Å². The van der Waals surface area contributed by atoms with Crippen molar-refractivity contribution in [3.8, 4) is 11.5 Å². The lowest BCUT2D eigenvalue weighted by Gasteiger charge is -2.08. The van der Waals surface area contributed by atoms with Crippen LogP contribution in [-0.2, 0) is 6.54 Å². The average Bonchev–Trinajstić information content (AvgIpc) is 2.92. The molecule has 2 aromatic rings. The van der Waals surface area contributed by atoms with Crippen LogP contribution in [-0.4, -0.2) is 28.3 Å². The fourth-order valence-corrected chi connectivity index (χ4v) is 2.06. The molecule has 0 unspecified atom stereocenters. The quantitative estimate of drug-likeness (QED) is 0.877. The lowest BCUT2D eigenvalue weighted by molar-refractivity contribution is 0.174. The van der Waals surface area contributed by atoms with Crippen molar-refractivity contribution in [3.05, 3.63) is 29.0 Å². The number of anilines is 2. The van der Waals surface area contributed by atoms with Gasteiger partial charge in [0.15, 0.2) is 11.5 Å². The summed E-state index contributed by atoms with van der Waals surface area (Å²) in [5.41, 5.74) is 1.03. The Balaban J connectivity index is 1.69. The number of rotatable bonds is 5. The smallest absolute Gasteiger partial charge is 0.231 e. The topological polar surface area (TPSA) is 81.2 Å². The van der Waals surface area contributed by atoms with Crippen molar-refractivity contribution in [3.63, 3.8) is 0 Å². The fourth-order valence-electron chi connectivity index (χ4n) is 1.90. The Morgan fingerprint density at radius 3 is 2.67 bits per heavy atom. The molecule has 0 amide bonds. The minimum absolute atomic E-state index is 0.147. The second-order valence-corrected chi connectivity index (χ2v) is 4.66. The Hall–Kier alpha value is -2.28. The number of halogens is 1. The average molecular weight is 308 g/mol. The number of hydrogen-bond donors (Lipinski definition) is 2. The lowest BCUT2D eigenvalue weighted by atomic mass is 10.2. The number of benzene rings is 1. The highest BCUT2D eigenvalue weighted by Gasteiger charge is 2.13. The Bertz CT molecular complexity index is 652. The van der Waals surface area contributed by atoms with E-state index in [0.717, 1.165) is 17.1 Å². The molecule has 0 radical (unpaired) electrons. The Kier molecular flexibility index (Phi) is 3.92. The van der Waals surface area contributed by atoms with Gasteiger partial charge in [-0.2, -0.15) is 15.0 Å². The summed E-state index contributed by atoms with van der Waals surface area (Å²) < 4.78 is 10.6. The first-order chi connectivity index (χ1) is 10.2. The largest absolute Gasteiger partial charge is 0.454 e. The van der Waals surface area contributed by atoms with E-state index in [1.807, 2.05) is 25.1 Å². The second-order valence-electron chi connectivity index (χ2n) is 4.32. The summed E-state index contributed by atoms with van der Waals surface area (Å²) in [5, 5.41) is 6.25. The maximum absolute atomic E-state index is 5.87. The summed E-state index contributed by atoms with van der Waals surface area (Å²) in [6.07, 6.45) is 0. The molecule has 0 spiro atoms. The lowest BCUT2D eigenvalue weighted by Crippen LogP contribution is -2.08. The Morgan fingerprint density at radius 1 is 1.10 bits per heavy atom. The minimum atomic E-state index is 0.147. The van der Waals surface area contributed by atoms with Crippen LogP contribution in [0.1, 0.15) is 12.5 Å². The van der Waals surface area contributed by atoms with E-state index in [-0.39, 0.29) is 12.1 Å². The Labute approximate surface area is 126 Å². The van der Waals surface area contributed by atoms with Gasteiger partial charge in [-0.25, -0.2) is 0 Å². The first-order valence-electron chi connectivity index (χ1n) is 6.52. The van der Waals surface area contributed by atoms with Crippen LogP contribution in [0.3, 0.4) is 0 Å². The second kappa shape index (κ2) is 6.01. The highest BCUT2D eigenvalue weighted by atomic mass is 35.5. The summed E-state index contributed by atoms with van der Waals surface area (Å²) in [6.45, 7) is 3.48. The van der Waals surface area contributed by atoms with Crippen molar-refractivity contribution in [2.24, 2.45) is 0 Å². The molecule has 21 heavy (non-hydrogen) atoms. The molecule has 0 atom stereocenters. The molecule has 1 aliphatic rings. The maximum atomic E-state index is 5.87. The van der Waals surface area contributed by atoms with E-state index in [1.165, 1.54) is 0 Å². The normalized spacial score (nSPS) is 12.3. The summed E-state index contributed by atoms with van der Waals surface area (Å²) in [4.78, 5) is 12.2. The summed E-state index contributed by atoms with van der Waals surface area (Å²) in [5.74, 6) is 2.38. The molecule has 1 aromatic heterocycles. The number of nitrogens with zero attached hydrogens (tertiary/aromatic N) is 3. The van der Waals surface area contributed by atoms with Crippen LogP contribution in [0.2, 0.25) is 5.28 Å². The van der Waals surface area contributed by atoms with E-state index < -0.39 is 0 Å². The zero-order valence-electron chi connectivity index (χ0n) is 11.4. The van der Waals surface area contributed by atoms with Crippen LogP contribution in [0.15, 0.2) is 18.2 Å². The van der Waals surface area contributed by atoms with E-state index in [0.29, 0.717) is 25.0 Å². The van der Waals surface area contributed by atoms with Gasteiger partial charge in [-0.15, -0.1) is 0 Å². The van der Waals surface area contributed by atoms with Crippen LogP contribution >= 0.6 is 11.6 Å². The van der Waals surface area contributed by atoms with Gasteiger partial charge in [0.05, 0.1) is 0 Å². The maximum Gasteiger partial charge on any atom is 0.231 e. The third-order valence-corrected chi connectivity index (χ3v) is 3.00. The van der Waals surface area contributed by atoms with Crippen molar-refractivity contribution in [1.29, 1.82) is 0 Å². The summed E-state index contributed by atoms with van der Waals surface area (Å²) in [6, 6.07) is 5.75. The molecule has 1 aliphatic heterocycles. The monoisotopic (exact) mass is 307 g/mol. The van der Waals surface area contributed by atoms with Crippen molar-refractivity contribution in [2.75, 3.05) is 24.0 Å². The van der Waals surface area contributed by atoms with E-state index in [1.54, 1.807) is 0 Å². The van der Waals surface area contributed by atoms with Crippen LogP contribution < -0.4 is 20.1 Å². The summed E-state index contributed by atoms with van der Waals surface area (Å²) in [7, 11) is 0. The van der Waals surface area contributed by atoms with Gasteiger partial charge in [0.2, 0.25) is 24.0 Å². The molecule has 2 heterocycles. The number of ether oxygens (including phenoxy) is 2. The SMILES string of the molecule is CCNc1nc(Cl)nc(NCc2ccc3c(c2)OCO3)n1. The van der Waals surface area contributed by atoms with Gasteiger partial charge in [0.25, 0.3) is 0 Å². The molecule has 8 heteroatoms. The van der Waals surface area contributed by atoms with Crippen molar-refractivity contribution in [1.82, 2.24) is 15.0 Å². The zero-order chi connectivity index (χ0) is 14.7. The van der Waals surface area contributed by atoms with E-state index in [9.17, 15) is 0 Å². The molecule has 0 bridgehead atoms. The van der Waals surface area contributed by atoms with Gasteiger partial charge < -0.3 is 20.1 Å². The summed E-state index contributed by atoms with van der Waals surface area (Å²) >= 11 is 5.87. The van der Waals surface area contributed by atoms with Crippen molar-refractivity contribution in [2.45, 2.75) is 13.5 Å². The van der Waals surface area contributed by atoms with Gasteiger partial charge in [-0.1, -0.05) is 6.07 Å².